The zero-order chi connectivity index (χ0) is 24.7. The van der Waals surface area contributed by atoms with Gasteiger partial charge in [0.1, 0.15) is 5.82 Å². The molecule has 0 atom stereocenters. The molecule has 4 aromatic rings. The number of aromatic amines is 1. The number of halogens is 1. The van der Waals surface area contributed by atoms with Gasteiger partial charge in [0, 0.05) is 42.9 Å². The number of rotatable bonds is 11. The van der Waals surface area contributed by atoms with Crippen molar-refractivity contribution in [2.75, 3.05) is 31.1 Å². The van der Waals surface area contributed by atoms with Crippen molar-refractivity contribution in [1.29, 1.82) is 5.26 Å². The van der Waals surface area contributed by atoms with Crippen LogP contribution in [-0.4, -0.2) is 52.7 Å². The van der Waals surface area contributed by atoms with Crippen LogP contribution in [0.15, 0.2) is 55.0 Å². The van der Waals surface area contributed by atoms with Gasteiger partial charge in [0.05, 0.1) is 42.7 Å². The molecule has 0 radical (unpaired) electrons. The zero-order valence-corrected chi connectivity index (χ0v) is 20.0. The SMILES string of the molecule is N#CCc1cc(F)cc(CNCCCCOC2CN(c3cc(-c4ccnnc4)cc4[nH]ncc34)C2)c1. The maximum absolute atomic E-state index is 13.7. The van der Waals surface area contributed by atoms with Crippen LogP contribution in [0.4, 0.5) is 10.1 Å². The van der Waals surface area contributed by atoms with Crippen LogP contribution >= 0.6 is 0 Å². The number of fused-ring (bicyclic) bond motifs is 1. The Kier molecular flexibility index (Phi) is 7.45. The van der Waals surface area contributed by atoms with E-state index in [-0.39, 0.29) is 18.3 Å². The van der Waals surface area contributed by atoms with E-state index in [9.17, 15) is 4.39 Å². The third-order valence-corrected chi connectivity index (χ3v) is 6.37. The molecule has 0 bridgehead atoms. The van der Waals surface area contributed by atoms with Crippen LogP contribution in [0.3, 0.4) is 0 Å². The third-order valence-electron chi connectivity index (χ3n) is 6.37. The Morgan fingerprint density at radius 3 is 2.81 bits per heavy atom. The van der Waals surface area contributed by atoms with Crippen LogP contribution < -0.4 is 10.2 Å². The van der Waals surface area contributed by atoms with Crippen molar-refractivity contribution in [3.63, 3.8) is 0 Å². The smallest absolute Gasteiger partial charge is 0.123 e. The van der Waals surface area contributed by atoms with Crippen LogP contribution in [-0.2, 0) is 17.7 Å². The lowest BCUT2D eigenvalue weighted by molar-refractivity contribution is 0.0324. The van der Waals surface area contributed by atoms with Gasteiger partial charge in [0.25, 0.3) is 0 Å². The van der Waals surface area contributed by atoms with Gasteiger partial charge < -0.3 is 15.0 Å². The lowest BCUT2D eigenvalue weighted by Crippen LogP contribution is -2.52. The number of H-pyrrole nitrogens is 1. The van der Waals surface area contributed by atoms with E-state index >= 15 is 0 Å². The molecule has 2 aromatic heterocycles. The Bertz CT molecular complexity index is 1350. The van der Waals surface area contributed by atoms with Crippen molar-refractivity contribution in [3.05, 3.63) is 71.9 Å². The van der Waals surface area contributed by atoms with Crippen LogP contribution in [0.25, 0.3) is 22.0 Å². The molecule has 0 unspecified atom stereocenters. The summed E-state index contributed by atoms with van der Waals surface area (Å²) in [6, 6.07) is 13.1. The number of nitrogens with zero attached hydrogens (tertiary/aromatic N) is 5. The molecule has 0 amide bonds. The zero-order valence-electron chi connectivity index (χ0n) is 20.0. The number of ether oxygens (including phenoxy) is 1. The molecule has 9 heteroatoms. The lowest BCUT2D eigenvalue weighted by atomic mass is 10.0. The topological polar surface area (TPSA) is 103 Å². The average Bonchev–Trinajstić information content (AvgIpc) is 3.33. The summed E-state index contributed by atoms with van der Waals surface area (Å²) in [7, 11) is 0. The van der Waals surface area contributed by atoms with Gasteiger partial charge in [0.2, 0.25) is 0 Å². The number of hydrogen-bond acceptors (Lipinski definition) is 7. The van der Waals surface area contributed by atoms with E-state index in [1.807, 2.05) is 18.3 Å². The summed E-state index contributed by atoms with van der Waals surface area (Å²) in [5, 5.41) is 28.4. The maximum Gasteiger partial charge on any atom is 0.123 e. The molecular weight excluding hydrogens is 457 g/mol. The lowest BCUT2D eigenvalue weighted by Gasteiger charge is -2.41. The van der Waals surface area contributed by atoms with E-state index < -0.39 is 0 Å². The number of anilines is 1. The van der Waals surface area contributed by atoms with E-state index in [4.69, 9.17) is 10.00 Å². The van der Waals surface area contributed by atoms with Crippen molar-refractivity contribution in [1.82, 2.24) is 25.7 Å². The van der Waals surface area contributed by atoms with Crippen molar-refractivity contribution in [2.24, 2.45) is 0 Å². The minimum Gasteiger partial charge on any atom is -0.375 e. The van der Waals surface area contributed by atoms with Gasteiger partial charge in [-0.15, -0.1) is 0 Å². The Morgan fingerprint density at radius 2 is 1.97 bits per heavy atom. The predicted molar refractivity (Wildman–Crippen MR) is 136 cm³/mol. The summed E-state index contributed by atoms with van der Waals surface area (Å²) < 4.78 is 19.7. The summed E-state index contributed by atoms with van der Waals surface area (Å²) in [6.45, 7) is 3.84. The van der Waals surface area contributed by atoms with Gasteiger partial charge in [-0.25, -0.2) is 4.39 Å². The summed E-state index contributed by atoms with van der Waals surface area (Å²) in [5.74, 6) is -0.294. The molecule has 1 aliphatic heterocycles. The predicted octanol–water partition coefficient (Wildman–Crippen LogP) is 4.00. The maximum atomic E-state index is 13.7. The molecule has 1 aliphatic rings. The molecule has 0 aliphatic carbocycles. The Hall–Kier alpha value is -3.87. The fourth-order valence-electron chi connectivity index (χ4n) is 4.51. The van der Waals surface area contributed by atoms with E-state index in [1.54, 1.807) is 12.4 Å². The summed E-state index contributed by atoms with van der Waals surface area (Å²) in [5.41, 5.74) is 5.81. The van der Waals surface area contributed by atoms with Crippen LogP contribution in [0.1, 0.15) is 24.0 Å². The first-order valence-electron chi connectivity index (χ1n) is 12.2. The number of nitrogens with one attached hydrogen (secondary N) is 2. The first kappa shape index (κ1) is 23.9. The molecule has 184 valence electrons. The van der Waals surface area contributed by atoms with Crippen molar-refractivity contribution in [3.8, 4) is 17.2 Å². The quantitative estimate of drug-likeness (QED) is 0.310. The van der Waals surface area contributed by atoms with Crippen molar-refractivity contribution in [2.45, 2.75) is 31.9 Å². The van der Waals surface area contributed by atoms with E-state index in [1.165, 1.54) is 12.1 Å². The number of hydrogen-bond donors (Lipinski definition) is 2. The number of unbranched alkanes of at least 4 members (excludes halogenated alkanes) is 1. The number of benzene rings is 2. The Labute approximate surface area is 209 Å². The molecule has 5 rings (SSSR count). The van der Waals surface area contributed by atoms with Crippen LogP contribution in [0, 0.1) is 17.1 Å². The molecular formula is C27H28FN7O. The van der Waals surface area contributed by atoms with Crippen molar-refractivity contribution < 1.29 is 9.13 Å². The minimum atomic E-state index is -0.294. The molecule has 36 heavy (non-hydrogen) atoms. The van der Waals surface area contributed by atoms with Gasteiger partial charge >= 0.3 is 0 Å². The molecule has 0 spiro atoms. The van der Waals surface area contributed by atoms with Gasteiger partial charge in [-0.1, -0.05) is 6.07 Å². The number of nitriles is 1. The molecule has 2 aromatic carbocycles. The van der Waals surface area contributed by atoms with E-state index in [2.05, 4.69) is 48.8 Å². The summed E-state index contributed by atoms with van der Waals surface area (Å²) in [4.78, 5) is 2.32. The van der Waals surface area contributed by atoms with Crippen molar-refractivity contribution >= 4 is 16.6 Å². The molecule has 3 heterocycles. The van der Waals surface area contributed by atoms with Crippen LogP contribution in [0.5, 0.6) is 0 Å². The summed E-state index contributed by atoms with van der Waals surface area (Å²) >= 11 is 0. The Morgan fingerprint density at radius 1 is 1.08 bits per heavy atom. The van der Waals surface area contributed by atoms with Gasteiger partial charge in [-0.2, -0.15) is 20.6 Å². The highest BCUT2D eigenvalue weighted by Crippen LogP contribution is 2.34. The average molecular weight is 486 g/mol. The van der Waals surface area contributed by atoms with Gasteiger partial charge in [0.15, 0.2) is 0 Å². The monoisotopic (exact) mass is 485 g/mol. The first-order chi connectivity index (χ1) is 17.7. The van der Waals surface area contributed by atoms with Crippen LogP contribution in [0.2, 0.25) is 0 Å². The molecule has 0 saturated carbocycles. The number of aromatic nitrogens is 4. The highest BCUT2D eigenvalue weighted by Gasteiger charge is 2.29. The van der Waals surface area contributed by atoms with Gasteiger partial charge in [-0.3, -0.25) is 5.10 Å². The van der Waals surface area contributed by atoms with E-state index in [0.717, 1.165) is 72.4 Å². The second-order valence-electron chi connectivity index (χ2n) is 9.04. The highest BCUT2D eigenvalue weighted by molar-refractivity contribution is 5.96. The second-order valence-corrected chi connectivity index (χ2v) is 9.04. The molecule has 1 saturated heterocycles. The third kappa shape index (κ3) is 5.67. The molecule has 8 nitrogen and oxygen atoms in total. The Balaban J connectivity index is 1.04. The largest absolute Gasteiger partial charge is 0.375 e. The first-order valence-corrected chi connectivity index (χ1v) is 12.2. The molecule has 1 fully saturated rings. The second kappa shape index (κ2) is 11.2. The molecule has 2 N–H and O–H groups in total. The summed E-state index contributed by atoms with van der Waals surface area (Å²) in [6.07, 6.45) is 7.72. The normalized spacial score (nSPS) is 13.6. The fraction of sp³-hybridized carbons (Fsp3) is 0.333. The standard InChI is InChI=1S/C27H28FN7O/c28-23-10-19(3-5-29)9-20(11-23)14-30-6-1-2-8-36-24-17-35(18-24)27-13-22(21-4-7-31-32-15-21)12-26-25(27)16-33-34-26/h4,7,9-13,15-16,24,30H,1-3,6,8,14,17-18H2,(H,33,34). The van der Waals surface area contributed by atoms with Gasteiger partial charge in [-0.05, 0) is 66.4 Å². The highest BCUT2D eigenvalue weighted by atomic mass is 19.1. The minimum absolute atomic E-state index is 0.219. The van der Waals surface area contributed by atoms with E-state index in [0.29, 0.717) is 12.1 Å². The fourth-order valence-corrected chi connectivity index (χ4v) is 4.51.